The normalized spacial score (nSPS) is 10.9. The van der Waals surface area contributed by atoms with Crippen molar-refractivity contribution in [2.45, 2.75) is 32.7 Å². The lowest BCUT2D eigenvalue weighted by Crippen LogP contribution is -2.30. The highest BCUT2D eigenvalue weighted by Crippen LogP contribution is 2.20. The second-order valence-electron chi connectivity index (χ2n) is 7.78. The Balaban J connectivity index is 1.40. The van der Waals surface area contributed by atoms with Crippen molar-refractivity contribution in [2.24, 2.45) is 0 Å². The number of nitrogens with one attached hydrogen (secondary N) is 2. The standard InChI is InChI=1S/C25H22F4N6O2/c1-2-21(32-22-19(28)11-30-24(34-22)36-13-15-3-7-17(26)8-4-15)33-23-20(29)12-31-25(35-23)37-14-16-5-9-18(27)10-6-16/h3-12,21H,2,13-14H2,1H3,(H,30,32,34)(H,31,33,35). The monoisotopic (exact) mass is 514 g/mol. The van der Waals surface area contributed by atoms with Gasteiger partial charge in [0.05, 0.1) is 18.6 Å². The molecule has 37 heavy (non-hydrogen) atoms. The maximum Gasteiger partial charge on any atom is 0.318 e. The topological polar surface area (TPSA) is 94.1 Å². The molecule has 0 bridgehead atoms. The summed E-state index contributed by atoms with van der Waals surface area (Å²) >= 11 is 0. The van der Waals surface area contributed by atoms with Crippen LogP contribution in [0.15, 0.2) is 60.9 Å². The van der Waals surface area contributed by atoms with Gasteiger partial charge in [0.25, 0.3) is 0 Å². The summed E-state index contributed by atoms with van der Waals surface area (Å²) in [6, 6.07) is 11.1. The fourth-order valence-corrected chi connectivity index (χ4v) is 3.07. The van der Waals surface area contributed by atoms with Gasteiger partial charge in [0.2, 0.25) is 0 Å². The van der Waals surface area contributed by atoms with Crippen molar-refractivity contribution in [3.05, 3.63) is 95.3 Å². The first-order chi connectivity index (χ1) is 17.9. The lowest BCUT2D eigenvalue weighted by Gasteiger charge is -2.20. The third kappa shape index (κ3) is 7.26. The van der Waals surface area contributed by atoms with Crippen molar-refractivity contribution < 1.29 is 27.0 Å². The molecule has 4 aromatic rings. The Morgan fingerprint density at radius 2 is 1.08 bits per heavy atom. The van der Waals surface area contributed by atoms with Crippen LogP contribution in [0.5, 0.6) is 12.0 Å². The van der Waals surface area contributed by atoms with E-state index < -0.39 is 17.8 Å². The molecular weight excluding hydrogens is 492 g/mol. The van der Waals surface area contributed by atoms with Gasteiger partial charge < -0.3 is 20.1 Å². The van der Waals surface area contributed by atoms with Crippen LogP contribution in [0.1, 0.15) is 24.5 Å². The molecule has 2 heterocycles. The van der Waals surface area contributed by atoms with Crippen LogP contribution < -0.4 is 20.1 Å². The van der Waals surface area contributed by atoms with Crippen LogP contribution in [-0.2, 0) is 13.2 Å². The molecule has 0 spiro atoms. The Morgan fingerprint density at radius 3 is 1.46 bits per heavy atom. The molecule has 0 aliphatic rings. The number of nitrogens with zero attached hydrogens (tertiary/aromatic N) is 4. The van der Waals surface area contributed by atoms with Crippen LogP contribution in [0.3, 0.4) is 0 Å². The van der Waals surface area contributed by atoms with E-state index in [2.05, 4.69) is 30.6 Å². The molecule has 4 rings (SSSR count). The minimum atomic E-state index is -0.749. The van der Waals surface area contributed by atoms with Gasteiger partial charge >= 0.3 is 12.0 Å². The van der Waals surface area contributed by atoms with Crippen LogP contribution in [0.2, 0.25) is 0 Å². The highest BCUT2D eigenvalue weighted by Gasteiger charge is 2.16. The highest BCUT2D eigenvalue weighted by atomic mass is 19.1. The number of anilines is 2. The number of rotatable bonds is 11. The van der Waals surface area contributed by atoms with Gasteiger partial charge in [-0.1, -0.05) is 31.2 Å². The summed E-state index contributed by atoms with van der Waals surface area (Å²) in [5, 5.41) is 5.66. The molecule has 0 unspecified atom stereocenters. The van der Waals surface area contributed by atoms with Crippen molar-refractivity contribution in [1.29, 1.82) is 0 Å². The van der Waals surface area contributed by atoms with E-state index in [4.69, 9.17) is 9.47 Å². The van der Waals surface area contributed by atoms with Crippen LogP contribution >= 0.6 is 0 Å². The largest absolute Gasteiger partial charge is 0.459 e. The number of hydrogen-bond acceptors (Lipinski definition) is 8. The quantitative estimate of drug-likeness (QED) is 0.207. The Labute approximate surface area is 209 Å². The highest BCUT2D eigenvalue weighted by molar-refractivity contribution is 5.43. The van der Waals surface area contributed by atoms with E-state index in [0.717, 1.165) is 12.4 Å². The molecule has 2 aromatic carbocycles. The number of ether oxygens (including phenoxy) is 2. The first-order valence-electron chi connectivity index (χ1n) is 11.2. The zero-order valence-electron chi connectivity index (χ0n) is 19.6. The van der Waals surface area contributed by atoms with E-state index in [9.17, 15) is 17.6 Å². The average Bonchev–Trinajstić information content (AvgIpc) is 2.90. The molecule has 12 heteroatoms. The van der Waals surface area contributed by atoms with E-state index in [1.54, 1.807) is 31.2 Å². The molecule has 0 aliphatic heterocycles. The molecule has 0 aliphatic carbocycles. The average molecular weight is 514 g/mol. The zero-order valence-corrected chi connectivity index (χ0v) is 19.6. The molecule has 0 saturated heterocycles. The maximum absolute atomic E-state index is 14.4. The molecule has 192 valence electrons. The van der Waals surface area contributed by atoms with Gasteiger partial charge in [-0.3, -0.25) is 0 Å². The first-order valence-corrected chi connectivity index (χ1v) is 11.2. The summed E-state index contributed by atoms with van der Waals surface area (Å²) in [5.74, 6) is -2.60. The third-order valence-corrected chi connectivity index (χ3v) is 5.04. The van der Waals surface area contributed by atoms with E-state index >= 15 is 0 Å². The van der Waals surface area contributed by atoms with Crippen LogP contribution in [-0.4, -0.2) is 26.1 Å². The van der Waals surface area contributed by atoms with Gasteiger partial charge in [0.15, 0.2) is 23.3 Å². The summed E-state index contributed by atoms with van der Waals surface area (Å²) in [4.78, 5) is 15.7. The predicted octanol–water partition coefficient (Wildman–Crippen LogP) is 5.24. The van der Waals surface area contributed by atoms with Crippen molar-refractivity contribution >= 4 is 11.6 Å². The lowest BCUT2D eigenvalue weighted by atomic mass is 10.2. The number of hydrogen-bond donors (Lipinski definition) is 2. The van der Waals surface area contributed by atoms with Gasteiger partial charge in [-0.2, -0.15) is 9.97 Å². The van der Waals surface area contributed by atoms with Gasteiger partial charge in [0, 0.05) is 0 Å². The molecule has 8 nitrogen and oxygen atoms in total. The molecule has 0 saturated carbocycles. The molecule has 0 amide bonds. The summed E-state index contributed by atoms with van der Waals surface area (Å²) in [7, 11) is 0. The number of aromatic nitrogens is 4. The zero-order chi connectivity index (χ0) is 26.2. The van der Waals surface area contributed by atoms with E-state index in [0.29, 0.717) is 17.5 Å². The van der Waals surface area contributed by atoms with E-state index in [1.807, 2.05) is 0 Å². The minimum Gasteiger partial charge on any atom is -0.459 e. The summed E-state index contributed by atoms with van der Waals surface area (Å²) < 4.78 is 65.8. The van der Waals surface area contributed by atoms with Crippen LogP contribution in [0.25, 0.3) is 0 Å². The van der Waals surface area contributed by atoms with Crippen molar-refractivity contribution in [3.8, 4) is 12.0 Å². The Morgan fingerprint density at radius 1 is 0.676 bits per heavy atom. The molecule has 0 fully saturated rings. The number of halogens is 4. The van der Waals surface area contributed by atoms with Crippen LogP contribution in [0.4, 0.5) is 29.2 Å². The number of benzene rings is 2. The van der Waals surface area contributed by atoms with E-state index in [-0.39, 0.29) is 48.5 Å². The molecule has 2 N–H and O–H groups in total. The summed E-state index contributed by atoms with van der Waals surface area (Å²) in [6.45, 7) is 1.88. The van der Waals surface area contributed by atoms with Crippen molar-refractivity contribution in [2.75, 3.05) is 10.6 Å². The molecular formula is C25H22F4N6O2. The van der Waals surface area contributed by atoms with Crippen LogP contribution in [0, 0.1) is 23.3 Å². The van der Waals surface area contributed by atoms with Gasteiger partial charge in [0.1, 0.15) is 24.8 Å². The second kappa shape index (κ2) is 12.0. The molecule has 0 atom stereocenters. The Kier molecular flexibility index (Phi) is 8.29. The second-order valence-corrected chi connectivity index (χ2v) is 7.78. The minimum absolute atomic E-state index is 0.0493. The van der Waals surface area contributed by atoms with Gasteiger partial charge in [-0.05, 0) is 41.8 Å². The fourth-order valence-electron chi connectivity index (χ4n) is 3.07. The summed E-state index contributed by atoms with van der Waals surface area (Å²) in [5.41, 5.74) is 1.35. The smallest absolute Gasteiger partial charge is 0.318 e. The van der Waals surface area contributed by atoms with Crippen molar-refractivity contribution in [1.82, 2.24) is 19.9 Å². The van der Waals surface area contributed by atoms with Gasteiger partial charge in [-0.25, -0.2) is 27.5 Å². The Bertz CT molecular complexity index is 1230. The maximum atomic E-state index is 14.4. The van der Waals surface area contributed by atoms with Gasteiger partial charge in [-0.15, -0.1) is 0 Å². The predicted molar refractivity (Wildman–Crippen MR) is 127 cm³/mol. The lowest BCUT2D eigenvalue weighted by molar-refractivity contribution is 0.279. The third-order valence-electron chi connectivity index (χ3n) is 5.04. The first kappa shape index (κ1) is 25.6. The molecule has 2 aromatic heterocycles. The van der Waals surface area contributed by atoms with E-state index in [1.165, 1.54) is 24.3 Å². The summed E-state index contributed by atoms with van der Waals surface area (Å²) in [6.07, 6.45) is 1.57. The fraction of sp³-hybridized carbons (Fsp3) is 0.200. The Hall–Kier alpha value is -4.48. The van der Waals surface area contributed by atoms with Crippen molar-refractivity contribution in [3.63, 3.8) is 0 Å². The SMILES string of the molecule is CCC(Nc1nc(OCc2ccc(F)cc2)ncc1F)Nc1nc(OCc2ccc(F)cc2)ncc1F. The molecule has 0 radical (unpaired) electrons.